The highest BCUT2D eigenvalue weighted by atomic mass is 16.6. The van der Waals surface area contributed by atoms with Crippen LogP contribution in [0.2, 0.25) is 0 Å². The first-order chi connectivity index (χ1) is 13.7. The van der Waals surface area contributed by atoms with Gasteiger partial charge < -0.3 is 14.9 Å². The lowest BCUT2D eigenvalue weighted by atomic mass is 10.1. The van der Waals surface area contributed by atoms with E-state index in [1.807, 2.05) is 0 Å². The Bertz CT molecular complexity index is 473. The van der Waals surface area contributed by atoms with E-state index in [9.17, 15) is 4.79 Å². The van der Waals surface area contributed by atoms with Crippen molar-refractivity contribution in [2.24, 2.45) is 5.92 Å². The molecule has 1 atom stereocenters. The number of unbranched alkanes of at least 4 members (excludes halogenated alkanes) is 3. The first-order valence-corrected chi connectivity index (χ1v) is 10.7. The van der Waals surface area contributed by atoms with Gasteiger partial charge in [-0.2, -0.15) is 0 Å². The molecular weight excluding hydrogens is 352 g/mol. The van der Waals surface area contributed by atoms with E-state index in [1.165, 1.54) is 25.7 Å². The molecule has 0 spiro atoms. The summed E-state index contributed by atoms with van der Waals surface area (Å²) in [6.07, 6.45) is 26.0. The van der Waals surface area contributed by atoms with Crippen molar-refractivity contribution in [3.8, 4) is 0 Å². The van der Waals surface area contributed by atoms with Gasteiger partial charge in [0.1, 0.15) is 6.10 Å². The topological polar surface area (TPSA) is 66.8 Å². The molecule has 0 aromatic heterocycles. The van der Waals surface area contributed by atoms with E-state index in [0.29, 0.717) is 6.42 Å². The van der Waals surface area contributed by atoms with Crippen molar-refractivity contribution in [1.82, 2.24) is 0 Å². The summed E-state index contributed by atoms with van der Waals surface area (Å²) in [6, 6.07) is 0. The first-order valence-electron chi connectivity index (χ1n) is 10.7. The van der Waals surface area contributed by atoms with E-state index in [-0.39, 0.29) is 25.1 Å². The predicted molar refractivity (Wildman–Crippen MR) is 117 cm³/mol. The van der Waals surface area contributed by atoms with E-state index in [2.05, 4.69) is 55.5 Å². The van der Waals surface area contributed by atoms with Crippen LogP contribution in [0.4, 0.5) is 0 Å². The molecule has 0 aliphatic rings. The van der Waals surface area contributed by atoms with Gasteiger partial charge in [-0.3, -0.25) is 4.79 Å². The van der Waals surface area contributed by atoms with Gasteiger partial charge in [-0.05, 0) is 44.9 Å². The van der Waals surface area contributed by atoms with Gasteiger partial charge in [0.25, 0.3) is 0 Å². The van der Waals surface area contributed by atoms with E-state index >= 15 is 0 Å². The fourth-order valence-electron chi connectivity index (χ4n) is 2.44. The molecule has 1 unspecified atom stereocenters. The third kappa shape index (κ3) is 16.5. The summed E-state index contributed by atoms with van der Waals surface area (Å²) in [5.74, 6) is -0.615. The largest absolute Gasteiger partial charge is 0.457 e. The molecule has 0 radical (unpaired) electrons. The molecule has 0 aliphatic carbocycles. The number of ether oxygens (including phenoxy) is 1. The van der Waals surface area contributed by atoms with E-state index in [4.69, 9.17) is 14.9 Å². The number of carbonyl (C=O) groups is 1. The molecule has 0 heterocycles. The summed E-state index contributed by atoms with van der Waals surface area (Å²) >= 11 is 0. The van der Waals surface area contributed by atoms with Gasteiger partial charge in [0, 0.05) is 0 Å². The van der Waals surface area contributed by atoms with Crippen molar-refractivity contribution in [2.75, 3.05) is 13.2 Å². The van der Waals surface area contributed by atoms with Crippen LogP contribution >= 0.6 is 0 Å². The van der Waals surface area contributed by atoms with Crippen LogP contribution in [0.15, 0.2) is 48.6 Å². The zero-order valence-corrected chi connectivity index (χ0v) is 17.8. The third-order valence-corrected chi connectivity index (χ3v) is 4.32. The van der Waals surface area contributed by atoms with Crippen molar-refractivity contribution < 1.29 is 19.7 Å². The van der Waals surface area contributed by atoms with Crippen LogP contribution in [-0.2, 0) is 9.53 Å². The minimum absolute atomic E-state index is 0.244. The van der Waals surface area contributed by atoms with Gasteiger partial charge in [0.2, 0.25) is 0 Å². The van der Waals surface area contributed by atoms with Gasteiger partial charge in [-0.1, -0.05) is 75.3 Å². The van der Waals surface area contributed by atoms with Crippen LogP contribution in [0, 0.1) is 5.92 Å². The van der Waals surface area contributed by atoms with Crippen molar-refractivity contribution in [3.63, 3.8) is 0 Å². The van der Waals surface area contributed by atoms with E-state index in [0.717, 1.165) is 25.7 Å². The van der Waals surface area contributed by atoms with Crippen LogP contribution in [0.25, 0.3) is 0 Å². The summed E-state index contributed by atoms with van der Waals surface area (Å²) in [4.78, 5) is 11.8. The minimum atomic E-state index is -0.813. The number of rotatable bonds is 17. The summed E-state index contributed by atoms with van der Waals surface area (Å²) in [5, 5.41) is 17.8. The van der Waals surface area contributed by atoms with Gasteiger partial charge in [0.15, 0.2) is 0 Å². The molecule has 0 aromatic rings. The van der Waals surface area contributed by atoms with Crippen molar-refractivity contribution in [3.05, 3.63) is 48.6 Å². The zero-order valence-electron chi connectivity index (χ0n) is 17.8. The number of hydrogen-bond donors (Lipinski definition) is 2. The second-order valence-corrected chi connectivity index (χ2v) is 6.99. The van der Waals surface area contributed by atoms with Gasteiger partial charge in [-0.25, -0.2) is 0 Å². The fraction of sp³-hybridized carbons (Fsp3) is 0.625. The van der Waals surface area contributed by atoms with Gasteiger partial charge in [-0.15, -0.1) is 0 Å². The highest BCUT2D eigenvalue weighted by molar-refractivity contribution is 5.72. The maximum atomic E-state index is 11.8. The normalized spacial score (nSPS) is 13.6. The van der Waals surface area contributed by atoms with Crippen LogP contribution in [-0.4, -0.2) is 35.5 Å². The molecule has 0 aliphatic heterocycles. The number of aliphatic hydroxyl groups excluding tert-OH is 2. The molecule has 0 rings (SSSR count). The monoisotopic (exact) mass is 392 g/mol. The number of carbonyl (C=O) groups excluding carboxylic acids is 1. The average Bonchev–Trinajstić information content (AvgIpc) is 2.71. The molecule has 160 valence electrons. The molecule has 28 heavy (non-hydrogen) atoms. The standard InChI is InChI=1S/C24H40O4/c1-3-4-5-6-7-8-9-10-11-12-13-14-15-16-17-18-19-22(2)24(27)28-23(20-25)21-26/h7-8,10-11,13-14,16-17,22-23,25-26H,3-6,9,12,15,18-21H2,1-2H3/b8-7-,11-10-,14-13-,17-16-. The van der Waals surface area contributed by atoms with Crippen molar-refractivity contribution in [2.45, 2.75) is 77.7 Å². The Morgan fingerprint density at radius 2 is 1.32 bits per heavy atom. The average molecular weight is 393 g/mol. The fourth-order valence-corrected chi connectivity index (χ4v) is 2.44. The van der Waals surface area contributed by atoms with Crippen LogP contribution in [0.1, 0.15) is 71.6 Å². The van der Waals surface area contributed by atoms with E-state index in [1.54, 1.807) is 6.92 Å². The Labute approximate surface area is 171 Å². The quantitative estimate of drug-likeness (QED) is 0.201. The van der Waals surface area contributed by atoms with Gasteiger partial charge >= 0.3 is 5.97 Å². The molecule has 4 heteroatoms. The number of allylic oxidation sites excluding steroid dienone is 8. The first kappa shape index (κ1) is 26.4. The smallest absolute Gasteiger partial charge is 0.309 e. The third-order valence-electron chi connectivity index (χ3n) is 4.32. The Morgan fingerprint density at radius 3 is 1.82 bits per heavy atom. The summed E-state index contributed by atoms with van der Waals surface area (Å²) in [5.41, 5.74) is 0. The molecule has 0 aromatic carbocycles. The number of hydrogen-bond acceptors (Lipinski definition) is 4. The van der Waals surface area contributed by atoms with Gasteiger partial charge in [0.05, 0.1) is 19.1 Å². The Kier molecular flexibility index (Phi) is 18.9. The molecule has 0 bridgehead atoms. The lowest BCUT2D eigenvalue weighted by molar-refractivity contribution is -0.158. The SMILES string of the molecule is CCCCC/C=C\C/C=C\C/C=C\C/C=C\CCC(C)C(=O)OC(CO)CO. The molecule has 0 amide bonds. The van der Waals surface area contributed by atoms with Crippen molar-refractivity contribution >= 4 is 5.97 Å². The molecular formula is C24H40O4. The highest BCUT2D eigenvalue weighted by Crippen LogP contribution is 2.10. The highest BCUT2D eigenvalue weighted by Gasteiger charge is 2.18. The number of esters is 1. The predicted octanol–water partition coefficient (Wildman–Crippen LogP) is 5.27. The lowest BCUT2D eigenvalue weighted by Gasteiger charge is -2.16. The maximum Gasteiger partial charge on any atom is 0.309 e. The molecule has 0 saturated carbocycles. The van der Waals surface area contributed by atoms with E-state index < -0.39 is 6.10 Å². The summed E-state index contributed by atoms with van der Waals surface area (Å²) < 4.78 is 5.01. The summed E-state index contributed by atoms with van der Waals surface area (Å²) in [6.45, 7) is 3.32. The minimum Gasteiger partial charge on any atom is -0.457 e. The van der Waals surface area contributed by atoms with Crippen LogP contribution in [0.5, 0.6) is 0 Å². The summed E-state index contributed by atoms with van der Waals surface area (Å²) in [7, 11) is 0. The second-order valence-electron chi connectivity index (χ2n) is 6.99. The Hall–Kier alpha value is -1.65. The Balaban J connectivity index is 3.70. The maximum absolute atomic E-state index is 11.8. The Morgan fingerprint density at radius 1 is 0.821 bits per heavy atom. The lowest BCUT2D eigenvalue weighted by Crippen LogP contribution is -2.28. The second kappa shape index (κ2) is 20.1. The zero-order chi connectivity index (χ0) is 20.9. The molecule has 2 N–H and O–H groups in total. The number of aliphatic hydroxyl groups is 2. The molecule has 0 saturated heterocycles. The van der Waals surface area contributed by atoms with Crippen molar-refractivity contribution in [1.29, 1.82) is 0 Å². The molecule has 4 nitrogen and oxygen atoms in total. The molecule has 0 fully saturated rings. The van der Waals surface area contributed by atoms with Crippen LogP contribution < -0.4 is 0 Å². The van der Waals surface area contributed by atoms with Crippen LogP contribution in [0.3, 0.4) is 0 Å².